The molecule has 4 aromatic rings. The molecule has 0 aromatic heterocycles. The molecule has 2 aliphatic rings. The van der Waals surface area contributed by atoms with Crippen molar-refractivity contribution < 1.29 is 37.4 Å². The van der Waals surface area contributed by atoms with Crippen molar-refractivity contribution in [1.29, 1.82) is 0 Å². The van der Waals surface area contributed by atoms with Crippen LogP contribution in [0.1, 0.15) is 43.0 Å². The first-order chi connectivity index (χ1) is 28.3. The Balaban J connectivity index is 0.000000216. The fraction of sp³-hybridized carbons (Fsp3) is 0.364. The van der Waals surface area contributed by atoms with Crippen molar-refractivity contribution in [3.05, 3.63) is 130 Å². The number of ether oxygens (including phenoxy) is 2. The lowest BCUT2D eigenvalue weighted by molar-refractivity contribution is 0.0591. The highest BCUT2D eigenvalue weighted by atomic mass is 79.9. The number of alkyl halides is 1. The van der Waals surface area contributed by atoms with Gasteiger partial charge in [-0.1, -0.05) is 64.5 Å². The summed E-state index contributed by atoms with van der Waals surface area (Å²) >= 11 is 3.13. The summed E-state index contributed by atoms with van der Waals surface area (Å²) in [5.74, 6) is -2.07. The second kappa shape index (κ2) is 22.7. The van der Waals surface area contributed by atoms with Gasteiger partial charge in [-0.25, -0.2) is 28.0 Å². The summed E-state index contributed by atoms with van der Waals surface area (Å²) < 4.78 is 36.9. The average molecular weight is 880 g/mol. The fourth-order valence-corrected chi connectivity index (χ4v) is 6.65. The van der Waals surface area contributed by atoms with Crippen molar-refractivity contribution in [2.75, 3.05) is 90.9 Å². The minimum absolute atomic E-state index is 0.00685. The molecule has 0 radical (unpaired) electrons. The van der Waals surface area contributed by atoms with E-state index in [0.29, 0.717) is 29.5 Å². The van der Waals surface area contributed by atoms with Gasteiger partial charge in [-0.2, -0.15) is 0 Å². The van der Waals surface area contributed by atoms with Crippen LogP contribution in [-0.4, -0.2) is 124 Å². The maximum atomic E-state index is 14.7. The SMILES string of the molecule is COC(=O)c1ccc(CBr)c(F)c1.COC(=O)c1ccc(CN(C(=O)N2CCN(C)CC2)c2ccccc2C)c(F)c1.Cc1ccccc1NC(=O)N1CCN(C)CC1. The van der Waals surface area contributed by atoms with Crippen LogP contribution in [0, 0.1) is 25.5 Å². The zero-order valence-corrected chi connectivity index (χ0v) is 36.1. The van der Waals surface area contributed by atoms with Gasteiger partial charge >= 0.3 is 24.0 Å². The Morgan fingerprint density at radius 2 is 1.14 bits per heavy atom. The lowest BCUT2D eigenvalue weighted by atomic mass is 10.1. The molecule has 0 aliphatic carbocycles. The smallest absolute Gasteiger partial charge is 0.337 e. The topological polar surface area (TPSA) is 115 Å². The van der Waals surface area contributed by atoms with Gasteiger partial charge in [0.15, 0.2) is 0 Å². The number of urea groups is 2. The van der Waals surface area contributed by atoms with E-state index in [1.54, 1.807) is 15.9 Å². The van der Waals surface area contributed by atoms with Crippen LogP contribution in [0.3, 0.4) is 0 Å². The summed E-state index contributed by atoms with van der Waals surface area (Å²) in [4.78, 5) is 57.6. The number of carbonyl (C=O) groups excluding carboxylic acids is 4. The molecule has 59 heavy (non-hydrogen) atoms. The third kappa shape index (κ3) is 13.3. The number of methoxy groups -OCH3 is 2. The van der Waals surface area contributed by atoms with Crippen LogP contribution in [0.25, 0.3) is 0 Å². The lowest BCUT2D eigenvalue weighted by Gasteiger charge is -2.36. The molecule has 0 bridgehead atoms. The van der Waals surface area contributed by atoms with E-state index in [1.165, 1.54) is 38.5 Å². The summed E-state index contributed by atoms with van der Waals surface area (Å²) in [6, 6.07) is 23.7. The normalized spacial score (nSPS) is 14.2. The number of aryl methyl sites for hydroxylation is 2. The van der Waals surface area contributed by atoms with Crippen LogP contribution in [0.15, 0.2) is 84.9 Å². The van der Waals surface area contributed by atoms with Crippen molar-refractivity contribution >= 4 is 51.3 Å². The summed E-state index contributed by atoms with van der Waals surface area (Å²) in [6.45, 7) is 10.3. The number of nitrogens with one attached hydrogen (secondary N) is 1. The fourth-order valence-electron chi connectivity index (χ4n) is 6.20. The van der Waals surface area contributed by atoms with Gasteiger partial charge in [0.05, 0.1) is 31.9 Å². The van der Waals surface area contributed by atoms with Crippen LogP contribution < -0.4 is 10.2 Å². The van der Waals surface area contributed by atoms with Crippen molar-refractivity contribution in [2.24, 2.45) is 0 Å². The number of piperazine rings is 2. The van der Waals surface area contributed by atoms with Crippen molar-refractivity contribution in [3.8, 4) is 0 Å². The van der Waals surface area contributed by atoms with Crippen molar-refractivity contribution in [2.45, 2.75) is 25.7 Å². The molecule has 1 N–H and O–H groups in total. The molecule has 15 heteroatoms. The summed E-state index contributed by atoms with van der Waals surface area (Å²) in [5.41, 5.74) is 4.89. The maximum Gasteiger partial charge on any atom is 0.337 e. The average Bonchev–Trinajstić information content (AvgIpc) is 3.24. The zero-order chi connectivity index (χ0) is 43.1. The molecule has 12 nitrogen and oxygen atoms in total. The van der Waals surface area contributed by atoms with E-state index in [1.807, 2.05) is 74.3 Å². The first-order valence-electron chi connectivity index (χ1n) is 19.2. The number of likely N-dealkylation sites (N-methyl/N-ethyl adjacent to an activating group) is 2. The van der Waals surface area contributed by atoms with Gasteiger partial charge in [0, 0.05) is 74.6 Å². The number of nitrogens with zero attached hydrogens (tertiary/aromatic N) is 5. The number of anilines is 2. The number of carbonyl (C=O) groups is 4. The van der Waals surface area contributed by atoms with Gasteiger partial charge in [0.25, 0.3) is 0 Å². The largest absolute Gasteiger partial charge is 0.465 e. The highest BCUT2D eigenvalue weighted by Gasteiger charge is 2.27. The number of halogens is 3. The maximum absolute atomic E-state index is 14.7. The lowest BCUT2D eigenvalue weighted by Crippen LogP contribution is -2.52. The second-order valence-corrected chi connectivity index (χ2v) is 14.8. The zero-order valence-electron chi connectivity index (χ0n) is 34.5. The Kier molecular flexibility index (Phi) is 17.8. The molecule has 0 saturated carbocycles. The van der Waals surface area contributed by atoms with E-state index in [-0.39, 0.29) is 29.7 Å². The molecule has 0 unspecified atom stereocenters. The Bertz CT molecular complexity index is 2060. The molecule has 0 atom stereocenters. The van der Waals surface area contributed by atoms with Crippen LogP contribution >= 0.6 is 15.9 Å². The third-order valence-corrected chi connectivity index (χ3v) is 10.6. The number of hydrogen-bond acceptors (Lipinski definition) is 8. The first-order valence-corrected chi connectivity index (χ1v) is 20.3. The van der Waals surface area contributed by atoms with Crippen LogP contribution in [0.5, 0.6) is 0 Å². The molecule has 316 valence electrons. The molecular weight excluding hydrogens is 826 g/mol. The third-order valence-electron chi connectivity index (χ3n) is 10.0. The molecule has 2 aliphatic heterocycles. The van der Waals surface area contributed by atoms with E-state index >= 15 is 0 Å². The number of benzene rings is 4. The quantitative estimate of drug-likeness (QED) is 0.149. The summed E-state index contributed by atoms with van der Waals surface area (Å²) in [5, 5.41) is 3.39. The first kappa shape index (κ1) is 46.3. The number of rotatable bonds is 7. The number of para-hydroxylation sites is 2. The predicted octanol–water partition coefficient (Wildman–Crippen LogP) is 7.58. The van der Waals surface area contributed by atoms with Gasteiger partial charge in [-0.15, -0.1) is 0 Å². The van der Waals surface area contributed by atoms with E-state index in [0.717, 1.165) is 67.8 Å². The minimum Gasteiger partial charge on any atom is -0.465 e. The molecule has 0 spiro atoms. The predicted molar refractivity (Wildman–Crippen MR) is 229 cm³/mol. The number of esters is 2. The second-order valence-electron chi connectivity index (χ2n) is 14.2. The van der Waals surface area contributed by atoms with Gasteiger partial charge < -0.3 is 34.4 Å². The molecule has 2 fully saturated rings. The van der Waals surface area contributed by atoms with Gasteiger partial charge in [-0.3, -0.25) is 4.90 Å². The Labute approximate surface area is 353 Å². The van der Waals surface area contributed by atoms with Crippen LogP contribution in [0.2, 0.25) is 0 Å². The standard InChI is InChI=1S/C22H26FN3O3.C13H19N3O.C9H8BrFO2/c1-16-6-4-5-7-20(16)26(22(28)25-12-10-24(2)11-13-25)15-18-9-8-17(14-19(18)23)21(27)29-3;1-11-5-3-4-6-12(11)14-13(17)16-9-7-15(2)8-10-16;1-13-9(12)6-2-3-7(5-10)8(11)4-6/h4-9,14H,10-13,15H2,1-3H3;3-6H,7-10H2,1-2H3,(H,14,17);2-4H,5H2,1H3. The highest BCUT2D eigenvalue weighted by Crippen LogP contribution is 2.25. The van der Waals surface area contributed by atoms with Crippen molar-refractivity contribution in [3.63, 3.8) is 0 Å². The number of amides is 4. The van der Waals surface area contributed by atoms with Crippen LogP contribution in [-0.2, 0) is 21.3 Å². The summed E-state index contributed by atoms with van der Waals surface area (Å²) in [7, 11) is 6.62. The minimum atomic E-state index is -0.597. The monoisotopic (exact) mass is 878 g/mol. The van der Waals surface area contributed by atoms with E-state index in [4.69, 9.17) is 0 Å². The molecule has 6 rings (SSSR count). The molecule has 4 amide bonds. The van der Waals surface area contributed by atoms with Gasteiger partial charge in [0.2, 0.25) is 0 Å². The van der Waals surface area contributed by atoms with E-state index < -0.39 is 23.6 Å². The Morgan fingerprint density at radius 3 is 1.61 bits per heavy atom. The van der Waals surface area contributed by atoms with Crippen molar-refractivity contribution in [1.82, 2.24) is 19.6 Å². The molecule has 2 heterocycles. The number of hydrogen-bond donors (Lipinski definition) is 1. The highest BCUT2D eigenvalue weighted by molar-refractivity contribution is 9.08. The Morgan fingerprint density at radius 1 is 0.661 bits per heavy atom. The van der Waals surface area contributed by atoms with E-state index in [9.17, 15) is 28.0 Å². The van der Waals surface area contributed by atoms with Crippen LogP contribution in [0.4, 0.5) is 29.7 Å². The van der Waals surface area contributed by atoms with Gasteiger partial charge in [0.1, 0.15) is 11.6 Å². The van der Waals surface area contributed by atoms with E-state index in [2.05, 4.69) is 47.6 Å². The molecule has 2 saturated heterocycles. The van der Waals surface area contributed by atoms with Gasteiger partial charge in [-0.05, 0) is 81.0 Å². The summed E-state index contributed by atoms with van der Waals surface area (Å²) in [6.07, 6.45) is 0. The Hall–Kier alpha value is -5.38. The molecular formula is C44H53BrF2N6O6. The molecule has 4 aromatic carbocycles.